The number of nitrogens with zero attached hydrogens (tertiary/aromatic N) is 2. The van der Waals surface area contributed by atoms with Crippen LogP contribution in [0.5, 0.6) is 5.75 Å². The first kappa shape index (κ1) is 15.5. The maximum Gasteiger partial charge on any atom is 0.328 e. The molecule has 0 bridgehead atoms. The quantitative estimate of drug-likeness (QED) is 0.834. The van der Waals surface area contributed by atoms with Crippen LogP contribution < -0.4 is 4.74 Å². The molecule has 0 atom stereocenters. The monoisotopic (exact) mass is 290 g/mol. The van der Waals surface area contributed by atoms with Gasteiger partial charge in [0.15, 0.2) is 0 Å². The molecule has 0 amide bonds. The van der Waals surface area contributed by atoms with E-state index in [0.29, 0.717) is 0 Å². The fourth-order valence-corrected chi connectivity index (χ4v) is 2.42. The van der Waals surface area contributed by atoms with Gasteiger partial charge in [0.05, 0.1) is 7.11 Å². The summed E-state index contributed by atoms with van der Waals surface area (Å²) in [6.45, 7) is 4.98. The zero-order valence-electron chi connectivity index (χ0n) is 12.6. The number of hydrogen-bond acceptors (Lipinski definition) is 4. The van der Waals surface area contributed by atoms with Gasteiger partial charge in [0.25, 0.3) is 0 Å². The molecule has 1 N–H and O–H groups in total. The molecular formula is C16H22N2O3. The smallest absolute Gasteiger partial charge is 0.328 e. The average molecular weight is 290 g/mol. The molecule has 1 aromatic carbocycles. The Morgan fingerprint density at radius 1 is 1.33 bits per heavy atom. The van der Waals surface area contributed by atoms with Crippen LogP contribution in [0.25, 0.3) is 6.08 Å². The first-order chi connectivity index (χ1) is 10.1. The van der Waals surface area contributed by atoms with Crippen molar-refractivity contribution >= 4 is 12.0 Å². The lowest BCUT2D eigenvalue weighted by Crippen LogP contribution is -2.43. The van der Waals surface area contributed by atoms with E-state index in [1.807, 2.05) is 18.2 Å². The third-order valence-electron chi connectivity index (χ3n) is 3.75. The van der Waals surface area contributed by atoms with Crippen molar-refractivity contribution < 1.29 is 14.6 Å². The lowest BCUT2D eigenvalue weighted by molar-refractivity contribution is -0.131. The molecule has 1 heterocycles. The molecule has 1 aliphatic rings. The number of methoxy groups -OCH3 is 1. The van der Waals surface area contributed by atoms with Gasteiger partial charge in [-0.1, -0.05) is 6.07 Å². The van der Waals surface area contributed by atoms with E-state index in [0.717, 1.165) is 49.6 Å². The van der Waals surface area contributed by atoms with Crippen LogP contribution >= 0.6 is 0 Å². The maximum absolute atomic E-state index is 10.7. The number of likely N-dealkylation sites (N-methyl/N-ethyl adjacent to an activating group) is 1. The van der Waals surface area contributed by atoms with Gasteiger partial charge in [0.2, 0.25) is 0 Å². The fraction of sp³-hybridized carbons (Fsp3) is 0.438. The Morgan fingerprint density at radius 3 is 2.67 bits per heavy atom. The van der Waals surface area contributed by atoms with E-state index in [1.54, 1.807) is 13.2 Å². The molecule has 5 heteroatoms. The molecule has 2 rings (SSSR count). The summed E-state index contributed by atoms with van der Waals surface area (Å²) in [7, 11) is 3.77. The molecule has 0 saturated carbocycles. The molecule has 1 aliphatic heterocycles. The maximum atomic E-state index is 10.7. The Hall–Kier alpha value is -1.85. The van der Waals surface area contributed by atoms with Crippen molar-refractivity contribution in [1.82, 2.24) is 9.80 Å². The SMILES string of the molecule is COc1ccc(C=CC(=O)O)c(CN2CCN(C)CC2)c1. The van der Waals surface area contributed by atoms with Gasteiger partial charge in [-0.3, -0.25) is 4.90 Å². The van der Waals surface area contributed by atoms with Crippen molar-refractivity contribution in [3.8, 4) is 5.75 Å². The number of hydrogen-bond donors (Lipinski definition) is 1. The summed E-state index contributed by atoms with van der Waals surface area (Å²) < 4.78 is 5.27. The van der Waals surface area contributed by atoms with Crippen molar-refractivity contribution in [1.29, 1.82) is 0 Å². The van der Waals surface area contributed by atoms with Crippen LogP contribution in [0.15, 0.2) is 24.3 Å². The second-order valence-corrected chi connectivity index (χ2v) is 5.32. The van der Waals surface area contributed by atoms with Gasteiger partial charge in [-0.25, -0.2) is 4.79 Å². The summed E-state index contributed by atoms with van der Waals surface area (Å²) in [6.07, 6.45) is 2.82. The summed E-state index contributed by atoms with van der Waals surface area (Å²) in [5.41, 5.74) is 2.02. The highest BCUT2D eigenvalue weighted by Gasteiger charge is 2.15. The molecule has 1 saturated heterocycles. The summed E-state index contributed by atoms with van der Waals surface area (Å²) in [5, 5.41) is 8.79. The molecule has 0 radical (unpaired) electrons. The highest BCUT2D eigenvalue weighted by atomic mass is 16.5. The van der Waals surface area contributed by atoms with Gasteiger partial charge >= 0.3 is 5.97 Å². The number of carboxylic acids is 1. The van der Waals surface area contributed by atoms with Crippen molar-refractivity contribution in [2.45, 2.75) is 6.54 Å². The molecule has 0 unspecified atom stereocenters. The van der Waals surface area contributed by atoms with E-state index < -0.39 is 5.97 Å². The Bertz CT molecular complexity index is 520. The Morgan fingerprint density at radius 2 is 2.05 bits per heavy atom. The van der Waals surface area contributed by atoms with Gasteiger partial charge in [-0.2, -0.15) is 0 Å². The Balaban J connectivity index is 2.16. The minimum Gasteiger partial charge on any atom is -0.497 e. The topological polar surface area (TPSA) is 53.0 Å². The third-order valence-corrected chi connectivity index (χ3v) is 3.75. The normalized spacial score (nSPS) is 17.2. The number of piperazine rings is 1. The van der Waals surface area contributed by atoms with Crippen LogP contribution in [0.4, 0.5) is 0 Å². The van der Waals surface area contributed by atoms with Gasteiger partial charge in [-0.05, 0) is 36.4 Å². The van der Waals surface area contributed by atoms with Crippen molar-refractivity contribution in [3.63, 3.8) is 0 Å². The van der Waals surface area contributed by atoms with Crippen LogP contribution in [0, 0.1) is 0 Å². The van der Waals surface area contributed by atoms with E-state index in [2.05, 4.69) is 16.8 Å². The van der Waals surface area contributed by atoms with Crippen LogP contribution in [0.2, 0.25) is 0 Å². The molecule has 1 fully saturated rings. The standard InChI is InChI=1S/C16H22N2O3/c1-17-7-9-18(10-8-17)12-14-11-15(21-2)5-3-13(14)4-6-16(19)20/h3-6,11H,7-10,12H2,1-2H3,(H,19,20). The second-order valence-electron chi connectivity index (χ2n) is 5.32. The van der Waals surface area contributed by atoms with E-state index in [4.69, 9.17) is 9.84 Å². The molecular weight excluding hydrogens is 268 g/mol. The highest BCUT2D eigenvalue weighted by molar-refractivity contribution is 5.85. The molecule has 0 aromatic heterocycles. The number of aliphatic carboxylic acids is 1. The summed E-state index contributed by atoms with van der Waals surface area (Å²) >= 11 is 0. The molecule has 114 valence electrons. The van der Waals surface area contributed by atoms with Crippen molar-refractivity contribution in [3.05, 3.63) is 35.4 Å². The first-order valence-electron chi connectivity index (χ1n) is 7.07. The van der Waals surface area contributed by atoms with Crippen molar-refractivity contribution in [2.24, 2.45) is 0 Å². The Labute approximate surface area is 125 Å². The number of ether oxygens (including phenoxy) is 1. The van der Waals surface area contributed by atoms with E-state index in [-0.39, 0.29) is 0 Å². The first-order valence-corrected chi connectivity index (χ1v) is 7.07. The minimum atomic E-state index is -0.934. The van der Waals surface area contributed by atoms with E-state index in [1.165, 1.54) is 6.08 Å². The molecule has 21 heavy (non-hydrogen) atoms. The fourth-order valence-electron chi connectivity index (χ4n) is 2.42. The summed E-state index contributed by atoms with van der Waals surface area (Å²) in [5.74, 6) is -0.136. The molecule has 5 nitrogen and oxygen atoms in total. The lowest BCUT2D eigenvalue weighted by Gasteiger charge is -2.32. The molecule has 0 spiro atoms. The zero-order valence-corrected chi connectivity index (χ0v) is 12.6. The van der Waals surface area contributed by atoms with Crippen LogP contribution in [-0.2, 0) is 11.3 Å². The number of carboxylic acid groups (broad SMARTS) is 1. The van der Waals surface area contributed by atoms with E-state index in [9.17, 15) is 4.79 Å². The number of carbonyl (C=O) groups is 1. The van der Waals surface area contributed by atoms with Gasteiger partial charge < -0.3 is 14.7 Å². The summed E-state index contributed by atoms with van der Waals surface area (Å²) in [4.78, 5) is 15.4. The van der Waals surface area contributed by atoms with Crippen LogP contribution in [-0.4, -0.2) is 61.2 Å². The molecule has 1 aromatic rings. The van der Waals surface area contributed by atoms with E-state index >= 15 is 0 Å². The van der Waals surface area contributed by atoms with Gasteiger partial charge in [0.1, 0.15) is 5.75 Å². The minimum absolute atomic E-state index is 0.798. The second kappa shape index (κ2) is 7.24. The largest absolute Gasteiger partial charge is 0.497 e. The highest BCUT2D eigenvalue weighted by Crippen LogP contribution is 2.21. The predicted octanol–water partition coefficient (Wildman–Crippen LogP) is 1.54. The molecule has 0 aliphatic carbocycles. The predicted molar refractivity (Wildman–Crippen MR) is 82.4 cm³/mol. The number of benzene rings is 1. The summed E-state index contributed by atoms with van der Waals surface area (Å²) in [6, 6.07) is 5.75. The van der Waals surface area contributed by atoms with Gasteiger partial charge in [-0.15, -0.1) is 0 Å². The average Bonchev–Trinajstić information content (AvgIpc) is 2.48. The van der Waals surface area contributed by atoms with Crippen molar-refractivity contribution in [2.75, 3.05) is 40.3 Å². The Kier molecular flexibility index (Phi) is 5.36. The third kappa shape index (κ3) is 4.58. The lowest BCUT2D eigenvalue weighted by atomic mass is 10.1. The number of rotatable bonds is 5. The van der Waals surface area contributed by atoms with Gasteiger partial charge in [0, 0.05) is 38.8 Å². The zero-order chi connectivity index (χ0) is 15.2. The van der Waals surface area contributed by atoms with Crippen LogP contribution in [0.3, 0.4) is 0 Å². The van der Waals surface area contributed by atoms with Crippen LogP contribution in [0.1, 0.15) is 11.1 Å².